The quantitative estimate of drug-likeness (QED) is 0.678. The molecule has 30 heavy (non-hydrogen) atoms. The van der Waals surface area contributed by atoms with Gasteiger partial charge in [-0.1, -0.05) is 23.7 Å². The SMILES string of the molecule is COc1cc(C=CC(=O)NCc2cccc(C(=O)N3CCCC3)c2)cc(Cl)c1OC. The minimum absolute atomic E-state index is 0.0471. The van der Waals surface area contributed by atoms with E-state index in [1.807, 2.05) is 29.2 Å². The van der Waals surface area contributed by atoms with Crippen LogP contribution in [0.3, 0.4) is 0 Å². The Bertz CT molecular complexity index is 952. The maximum absolute atomic E-state index is 12.5. The first kappa shape index (κ1) is 21.7. The monoisotopic (exact) mass is 428 g/mol. The summed E-state index contributed by atoms with van der Waals surface area (Å²) < 4.78 is 10.5. The summed E-state index contributed by atoms with van der Waals surface area (Å²) in [5.74, 6) is 0.733. The Morgan fingerprint density at radius 3 is 2.60 bits per heavy atom. The van der Waals surface area contributed by atoms with Crippen LogP contribution >= 0.6 is 11.6 Å². The van der Waals surface area contributed by atoms with Gasteiger partial charge in [0.2, 0.25) is 5.91 Å². The van der Waals surface area contributed by atoms with Gasteiger partial charge in [-0.15, -0.1) is 0 Å². The Labute approximate surface area is 181 Å². The van der Waals surface area contributed by atoms with Crippen LogP contribution in [0.15, 0.2) is 42.5 Å². The molecule has 2 amide bonds. The highest BCUT2D eigenvalue weighted by Gasteiger charge is 2.19. The summed E-state index contributed by atoms with van der Waals surface area (Å²) in [7, 11) is 3.04. The third kappa shape index (κ3) is 5.33. The Balaban J connectivity index is 1.60. The van der Waals surface area contributed by atoms with Gasteiger partial charge in [-0.25, -0.2) is 0 Å². The topological polar surface area (TPSA) is 67.9 Å². The molecule has 1 saturated heterocycles. The van der Waals surface area contributed by atoms with Crippen molar-refractivity contribution in [2.24, 2.45) is 0 Å². The Hall–Kier alpha value is -2.99. The molecular weight excluding hydrogens is 404 g/mol. The van der Waals surface area contributed by atoms with Crippen molar-refractivity contribution in [3.8, 4) is 11.5 Å². The molecule has 0 aliphatic carbocycles. The second-order valence-corrected chi connectivity index (χ2v) is 7.40. The van der Waals surface area contributed by atoms with E-state index in [1.54, 1.807) is 18.2 Å². The Kier molecular flexibility index (Phi) is 7.36. The van der Waals surface area contributed by atoms with Gasteiger partial charge in [0.15, 0.2) is 11.5 Å². The summed E-state index contributed by atoms with van der Waals surface area (Å²) >= 11 is 6.19. The minimum Gasteiger partial charge on any atom is -0.493 e. The van der Waals surface area contributed by atoms with Crippen molar-refractivity contribution in [3.63, 3.8) is 0 Å². The van der Waals surface area contributed by atoms with Gasteiger partial charge in [0.25, 0.3) is 5.91 Å². The van der Waals surface area contributed by atoms with Crippen LogP contribution < -0.4 is 14.8 Å². The van der Waals surface area contributed by atoms with Crippen LogP contribution in [0, 0.1) is 0 Å². The lowest BCUT2D eigenvalue weighted by atomic mass is 10.1. The summed E-state index contributed by atoms with van der Waals surface area (Å²) in [4.78, 5) is 26.6. The van der Waals surface area contributed by atoms with Crippen molar-refractivity contribution in [2.45, 2.75) is 19.4 Å². The Morgan fingerprint density at radius 2 is 1.90 bits per heavy atom. The fraction of sp³-hybridized carbons (Fsp3) is 0.304. The molecule has 7 heteroatoms. The molecule has 0 saturated carbocycles. The van der Waals surface area contributed by atoms with E-state index >= 15 is 0 Å². The highest BCUT2D eigenvalue weighted by Crippen LogP contribution is 2.36. The van der Waals surface area contributed by atoms with Crippen molar-refractivity contribution in [2.75, 3.05) is 27.3 Å². The van der Waals surface area contributed by atoms with E-state index < -0.39 is 0 Å². The minimum atomic E-state index is -0.253. The number of methoxy groups -OCH3 is 2. The number of likely N-dealkylation sites (tertiary alicyclic amines) is 1. The highest BCUT2D eigenvalue weighted by molar-refractivity contribution is 6.32. The molecule has 1 heterocycles. The van der Waals surface area contributed by atoms with Gasteiger partial charge in [0.1, 0.15) is 0 Å². The first-order valence-electron chi connectivity index (χ1n) is 9.77. The van der Waals surface area contributed by atoms with E-state index in [0.29, 0.717) is 34.2 Å². The lowest BCUT2D eigenvalue weighted by molar-refractivity contribution is -0.116. The number of nitrogens with zero attached hydrogens (tertiary/aromatic N) is 1. The van der Waals surface area contributed by atoms with Crippen LogP contribution in [0.5, 0.6) is 11.5 Å². The number of rotatable bonds is 7. The second kappa shape index (κ2) is 10.2. The average Bonchev–Trinajstić information content (AvgIpc) is 3.30. The number of halogens is 1. The van der Waals surface area contributed by atoms with Crippen molar-refractivity contribution in [1.82, 2.24) is 10.2 Å². The summed E-state index contributed by atoms with van der Waals surface area (Å²) in [6.07, 6.45) is 5.19. The number of nitrogens with one attached hydrogen (secondary N) is 1. The zero-order valence-electron chi connectivity index (χ0n) is 17.1. The summed E-state index contributed by atoms with van der Waals surface area (Å²) in [5, 5.41) is 3.23. The van der Waals surface area contributed by atoms with Crippen molar-refractivity contribution in [3.05, 3.63) is 64.2 Å². The molecule has 158 valence electrons. The summed E-state index contributed by atoms with van der Waals surface area (Å²) in [6, 6.07) is 10.8. The lowest BCUT2D eigenvalue weighted by Gasteiger charge is -2.15. The second-order valence-electron chi connectivity index (χ2n) is 6.99. The zero-order chi connectivity index (χ0) is 21.5. The van der Waals surface area contributed by atoms with Gasteiger partial charge >= 0.3 is 0 Å². The van der Waals surface area contributed by atoms with Gasteiger partial charge < -0.3 is 19.7 Å². The molecule has 1 N–H and O–H groups in total. The molecule has 1 fully saturated rings. The van der Waals surface area contributed by atoms with Gasteiger partial charge in [-0.05, 0) is 54.3 Å². The smallest absolute Gasteiger partial charge is 0.253 e. The van der Waals surface area contributed by atoms with Crippen LogP contribution in [0.25, 0.3) is 6.08 Å². The van der Waals surface area contributed by atoms with Crippen LogP contribution in [-0.2, 0) is 11.3 Å². The third-order valence-corrected chi connectivity index (χ3v) is 5.20. The van der Waals surface area contributed by atoms with Gasteiger partial charge in [0.05, 0.1) is 19.2 Å². The summed E-state index contributed by atoms with van der Waals surface area (Å²) in [6.45, 7) is 1.95. The van der Waals surface area contributed by atoms with E-state index in [4.69, 9.17) is 21.1 Å². The van der Waals surface area contributed by atoms with Crippen LogP contribution in [-0.4, -0.2) is 44.0 Å². The number of carbonyl (C=O) groups excluding carboxylic acids is 2. The number of amides is 2. The van der Waals surface area contributed by atoms with Gasteiger partial charge in [-0.2, -0.15) is 0 Å². The molecule has 1 aliphatic heterocycles. The predicted molar refractivity (Wildman–Crippen MR) is 117 cm³/mol. The van der Waals surface area contributed by atoms with E-state index in [0.717, 1.165) is 31.5 Å². The van der Waals surface area contributed by atoms with Gasteiger partial charge in [0, 0.05) is 31.3 Å². The molecule has 2 aromatic carbocycles. The van der Waals surface area contributed by atoms with Crippen LogP contribution in [0.4, 0.5) is 0 Å². The largest absolute Gasteiger partial charge is 0.493 e. The fourth-order valence-corrected chi connectivity index (χ4v) is 3.67. The molecule has 0 spiro atoms. The molecule has 6 nitrogen and oxygen atoms in total. The molecule has 2 aromatic rings. The number of hydrogen-bond acceptors (Lipinski definition) is 4. The third-order valence-electron chi connectivity index (χ3n) is 4.92. The van der Waals surface area contributed by atoms with Gasteiger partial charge in [-0.3, -0.25) is 9.59 Å². The number of ether oxygens (including phenoxy) is 2. The van der Waals surface area contributed by atoms with Crippen molar-refractivity contribution >= 4 is 29.5 Å². The Morgan fingerprint density at radius 1 is 1.13 bits per heavy atom. The number of carbonyl (C=O) groups is 2. The average molecular weight is 429 g/mol. The van der Waals surface area contributed by atoms with Crippen LogP contribution in [0.2, 0.25) is 5.02 Å². The maximum Gasteiger partial charge on any atom is 0.253 e. The molecular formula is C23H25ClN2O4. The van der Waals surface area contributed by atoms with E-state index in [9.17, 15) is 9.59 Å². The van der Waals surface area contributed by atoms with E-state index in [1.165, 1.54) is 20.3 Å². The summed E-state index contributed by atoms with van der Waals surface area (Å²) in [5.41, 5.74) is 2.24. The van der Waals surface area contributed by atoms with Crippen LogP contribution in [0.1, 0.15) is 34.3 Å². The van der Waals surface area contributed by atoms with Crippen molar-refractivity contribution < 1.29 is 19.1 Å². The predicted octanol–water partition coefficient (Wildman–Crippen LogP) is 3.92. The first-order valence-corrected chi connectivity index (χ1v) is 10.1. The molecule has 3 rings (SSSR count). The van der Waals surface area contributed by atoms with E-state index in [2.05, 4.69) is 5.32 Å². The fourth-order valence-electron chi connectivity index (χ4n) is 3.37. The standard InChI is InChI=1S/C23H25ClN2O4/c1-29-20-14-16(13-19(24)22(20)30-2)8-9-21(27)25-15-17-6-5-7-18(12-17)23(28)26-10-3-4-11-26/h5-9,12-14H,3-4,10-11,15H2,1-2H3,(H,25,27). The lowest BCUT2D eigenvalue weighted by Crippen LogP contribution is -2.27. The number of hydrogen-bond donors (Lipinski definition) is 1. The highest BCUT2D eigenvalue weighted by atomic mass is 35.5. The first-order chi connectivity index (χ1) is 14.5. The zero-order valence-corrected chi connectivity index (χ0v) is 17.9. The maximum atomic E-state index is 12.5. The molecule has 1 aliphatic rings. The molecule has 0 atom stereocenters. The van der Waals surface area contributed by atoms with Crippen molar-refractivity contribution in [1.29, 1.82) is 0 Å². The molecule has 0 unspecified atom stereocenters. The molecule has 0 bridgehead atoms. The normalized spacial score (nSPS) is 13.5. The molecule has 0 radical (unpaired) electrons. The van der Waals surface area contributed by atoms with E-state index in [-0.39, 0.29) is 11.8 Å². The number of benzene rings is 2. The molecule has 0 aromatic heterocycles.